The molecule has 17 heavy (non-hydrogen) atoms. The first kappa shape index (κ1) is 13.3. The van der Waals surface area contributed by atoms with Crippen molar-refractivity contribution < 1.29 is 0 Å². The number of rotatable bonds is 3. The van der Waals surface area contributed by atoms with Crippen LogP contribution in [0.4, 0.5) is 0 Å². The van der Waals surface area contributed by atoms with Crippen LogP contribution >= 0.6 is 0 Å². The molecule has 0 radical (unpaired) electrons. The van der Waals surface area contributed by atoms with Gasteiger partial charge in [0, 0.05) is 12.6 Å². The van der Waals surface area contributed by atoms with Crippen molar-refractivity contribution in [2.75, 3.05) is 53.9 Å². The molecule has 0 amide bonds. The van der Waals surface area contributed by atoms with Crippen molar-refractivity contribution in [2.24, 2.45) is 5.92 Å². The smallest absolute Gasteiger partial charge is 0.0113 e. The summed E-state index contributed by atoms with van der Waals surface area (Å²) in [6, 6.07) is 0.823. The van der Waals surface area contributed by atoms with Crippen LogP contribution in [0, 0.1) is 5.92 Å². The largest absolute Gasteiger partial charge is 0.306 e. The Labute approximate surface area is 107 Å². The van der Waals surface area contributed by atoms with E-state index in [2.05, 4.69) is 35.8 Å². The van der Waals surface area contributed by atoms with E-state index in [0.29, 0.717) is 0 Å². The second kappa shape index (κ2) is 6.17. The number of likely N-dealkylation sites (tertiary alicyclic amines) is 2. The highest BCUT2D eigenvalue weighted by atomic mass is 15.2. The molecule has 0 aliphatic carbocycles. The van der Waals surface area contributed by atoms with E-state index in [1.54, 1.807) is 0 Å². The Morgan fingerprint density at radius 3 is 2.06 bits per heavy atom. The Balaban J connectivity index is 1.67. The van der Waals surface area contributed by atoms with E-state index in [-0.39, 0.29) is 0 Å². The number of hydrogen-bond acceptors (Lipinski definition) is 3. The molecular formula is C14H29N3. The van der Waals surface area contributed by atoms with Crippen molar-refractivity contribution in [1.29, 1.82) is 0 Å². The van der Waals surface area contributed by atoms with Gasteiger partial charge in [-0.3, -0.25) is 0 Å². The van der Waals surface area contributed by atoms with Crippen molar-refractivity contribution in [3.05, 3.63) is 0 Å². The van der Waals surface area contributed by atoms with Gasteiger partial charge in [0.1, 0.15) is 0 Å². The molecule has 2 rings (SSSR count). The molecule has 0 unspecified atom stereocenters. The Bertz CT molecular complexity index is 214. The molecule has 2 saturated heterocycles. The van der Waals surface area contributed by atoms with Crippen LogP contribution in [0.2, 0.25) is 0 Å². The van der Waals surface area contributed by atoms with Gasteiger partial charge >= 0.3 is 0 Å². The summed E-state index contributed by atoms with van der Waals surface area (Å²) < 4.78 is 0. The summed E-state index contributed by atoms with van der Waals surface area (Å²) >= 11 is 0. The van der Waals surface area contributed by atoms with Gasteiger partial charge in [0.25, 0.3) is 0 Å². The average molecular weight is 239 g/mol. The van der Waals surface area contributed by atoms with Gasteiger partial charge in [-0.1, -0.05) is 0 Å². The van der Waals surface area contributed by atoms with Gasteiger partial charge in [0.2, 0.25) is 0 Å². The summed E-state index contributed by atoms with van der Waals surface area (Å²) in [5, 5.41) is 0. The lowest BCUT2D eigenvalue weighted by molar-refractivity contribution is 0.110. The number of hydrogen-bond donors (Lipinski definition) is 0. The highest BCUT2D eigenvalue weighted by molar-refractivity contribution is 4.80. The van der Waals surface area contributed by atoms with Crippen LogP contribution in [0.3, 0.4) is 0 Å². The summed E-state index contributed by atoms with van der Waals surface area (Å²) in [5.74, 6) is 0.960. The van der Waals surface area contributed by atoms with Crippen LogP contribution in [-0.2, 0) is 0 Å². The van der Waals surface area contributed by atoms with Crippen molar-refractivity contribution in [3.8, 4) is 0 Å². The zero-order chi connectivity index (χ0) is 12.3. The monoisotopic (exact) mass is 239 g/mol. The molecule has 0 bridgehead atoms. The van der Waals surface area contributed by atoms with Crippen LogP contribution in [0.5, 0.6) is 0 Å². The van der Waals surface area contributed by atoms with Crippen LogP contribution < -0.4 is 0 Å². The van der Waals surface area contributed by atoms with Gasteiger partial charge in [0.05, 0.1) is 0 Å². The normalized spacial score (nSPS) is 26.8. The Hall–Kier alpha value is -0.120. The molecule has 0 aromatic carbocycles. The van der Waals surface area contributed by atoms with Crippen LogP contribution in [0.25, 0.3) is 0 Å². The highest BCUT2D eigenvalue weighted by Crippen LogP contribution is 2.20. The third-order valence-corrected chi connectivity index (χ3v) is 4.64. The molecule has 3 nitrogen and oxygen atoms in total. The molecule has 0 N–H and O–H groups in total. The van der Waals surface area contributed by atoms with Crippen LogP contribution in [0.1, 0.15) is 25.7 Å². The standard InChI is InChI=1S/C14H29N3/c1-15(2)14-6-10-17(11-7-14)12-13-4-8-16(3)9-5-13/h13-14H,4-12H2,1-3H3. The zero-order valence-electron chi connectivity index (χ0n) is 11.9. The summed E-state index contributed by atoms with van der Waals surface area (Å²) in [6.45, 7) is 6.59. The molecule has 100 valence electrons. The molecule has 0 atom stereocenters. The first-order valence-corrected chi connectivity index (χ1v) is 7.22. The lowest BCUT2D eigenvalue weighted by atomic mass is 9.95. The van der Waals surface area contributed by atoms with E-state index in [4.69, 9.17) is 0 Å². The molecule has 3 heteroatoms. The third kappa shape index (κ3) is 3.94. The van der Waals surface area contributed by atoms with Crippen molar-refractivity contribution >= 4 is 0 Å². The summed E-state index contributed by atoms with van der Waals surface area (Å²) in [6.07, 6.45) is 5.54. The highest BCUT2D eigenvalue weighted by Gasteiger charge is 2.24. The predicted molar refractivity (Wildman–Crippen MR) is 73.4 cm³/mol. The first-order chi connectivity index (χ1) is 8.15. The van der Waals surface area contributed by atoms with Gasteiger partial charge in [-0.25, -0.2) is 0 Å². The molecule has 0 aromatic heterocycles. The second-order valence-electron chi connectivity index (χ2n) is 6.24. The molecule has 2 fully saturated rings. The molecule has 2 aliphatic heterocycles. The summed E-state index contributed by atoms with van der Waals surface area (Å²) in [4.78, 5) is 7.57. The minimum absolute atomic E-state index is 0.823. The van der Waals surface area contributed by atoms with Gasteiger partial charge in [0.15, 0.2) is 0 Å². The SMILES string of the molecule is CN1CCC(CN2CCC(N(C)C)CC2)CC1. The maximum absolute atomic E-state index is 2.70. The van der Waals surface area contributed by atoms with E-state index < -0.39 is 0 Å². The fraction of sp³-hybridized carbons (Fsp3) is 1.00. The van der Waals surface area contributed by atoms with Crippen molar-refractivity contribution in [2.45, 2.75) is 31.7 Å². The maximum Gasteiger partial charge on any atom is 0.0113 e. The van der Waals surface area contributed by atoms with Gasteiger partial charge in [-0.05, 0) is 78.9 Å². The fourth-order valence-electron chi connectivity index (χ4n) is 3.23. The van der Waals surface area contributed by atoms with E-state index in [0.717, 1.165) is 12.0 Å². The van der Waals surface area contributed by atoms with Gasteiger partial charge < -0.3 is 14.7 Å². The molecule has 2 aliphatic rings. The minimum atomic E-state index is 0.823. The number of nitrogens with zero attached hydrogens (tertiary/aromatic N) is 3. The van der Waals surface area contributed by atoms with E-state index in [1.165, 1.54) is 58.4 Å². The summed E-state index contributed by atoms with van der Waals surface area (Å²) in [5.41, 5.74) is 0. The van der Waals surface area contributed by atoms with E-state index >= 15 is 0 Å². The zero-order valence-corrected chi connectivity index (χ0v) is 11.9. The Morgan fingerprint density at radius 1 is 0.941 bits per heavy atom. The fourth-order valence-corrected chi connectivity index (χ4v) is 3.23. The third-order valence-electron chi connectivity index (χ3n) is 4.64. The molecule has 2 heterocycles. The van der Waals surface area contributed by atoms with Gasteiger partial charge in [-0.15, -0.1) is 0 Å². The average Bonchev–Trinajstić information content (AvgIpc) is 2.33. The summed E-state index contributed by atoms with van der Waals surface area (Å²) in [7, 11) is 6.69. The first-order valence-electron chi connectivity index (χ1n) is 7.22. The van der Waals surface area contributed by atoms with E-state index in [1.807, 2.05) is 0 Å². The maximum atomic E-state index is 2.70. The number of piperidine rings is 2. The van der Waals surface area contributed by atoms with Crippen molar-refractivity contribution in [1.82, 2.24) is 14.7 Å². The Kier molecular flexibility index (Phi) is 4.83. The lowest BCUT2D eigenvalue weighted by Crippen LogP contribution is -2.44. The lowest BCUT2D eigenvalue weighted by Gasteiger charge is -2.38. The molecule has 0 aromatic rings. The molecule has 0 spiro atoms. The van der Waals surface area contributed by atoms with Crippen LogP contribution in [-0.4, -0.2) is 74.6 Å². The quantitative estimate of drug-likeness (QED) is 0.736. The van der Waals surface area contributed by atoms with Crippen LogP contribution in [0.15, 0.2) is 0 Å². The van der Waals surface area contributed by atoms with E-state index in [9.17, 15) is 0 Å². The topological polar surface area (TPSA) is 9.72 Å². The Morgan fingerprint density at radius 2 is 1.53 bits per heavy atom. The predicted octanol–water partition coefficient (Wildman–Crippen LogP) is 1.35. The van der Waals surface area contributed by atoms with Crippen molar-refractivity contribution in [3.63, 3.8) is 0 Å². The molecular weight excluding hydrogens is 210 g/mol. The minimum Gasteiger partial charge on any atom is -0.306 e. The van der Waals surface area contributed by atoms with Gasteiger partial charge in [-0.2, -0.15) is 0 Å². The molecule has 0 saturated carbocycles. The second-order valence-corrected chi connectivity index (χ2v) is 6.24.